The van der Waals surface area contributed by atoms with Crippen molar-refractivity contribution in [3.8, 4) is 11.1 Å². The molecule has 3 fully saturated rings. The van der Waals surface area contributed by atoms with Crippen LogP contribution in [0, 0.1) is 5.41 Å². The van der Waals surface area contributed by atoms with Crippen LogP contribution in [0.5, 0.6) is 0 Å². The Morgan fingerprint density at radius 3 is 2.00 bits per heavy atom. The minimum atomic E-state index is -0.752. The van der Waals surface area contributed by atoms with Crippen LogP contribution in [0.15, 0.2) is 48.5 Å². The highest BCUT2D eigenvalue weighted by molar-refractivity contribution is 5.86. The SMILES string of the molecule is CC(NC(=O)OCC1c2ccccc2-c2ccccc21)C(=O)NC12CCC(C(=O)O)(CC1)CC2. The van der Waals surface area contributed by atoms with Crippen molar-refractivity contribution >= 4 is 18.0 Å². The molecule has 2 aromatic rings. The number of carbonyl (C=O) groups is 3. The zero-order valence-corrected chi connectivity index (χ0v) is 19.3. The molecule has 0 radical (unpaired) electrons. The lowest BCUT2D eigenvalue weighted by molar-refractivity contribution is -0.157. The Kier molecular flexibility index (Phi) is 5.58. The van der Waals surface area contributed by atoms with E-state index in [0.29, 0.717) is 38.5 Å². The van der Waals surface area contributed by atoms with Gasteiger partial charge in [0.2, 0.25) is 5.91 Å². The van der Waals surface area contributed by atoms with E-state index >= 15 is 0 Å². The van der Waals surface area contributed by atoms with E-state index in [4.69, 9.17) is 4.74 Å². The lowest BCUT2D eigenvalue weighted by Crippen LogP contribution is -2.61. The fourth-order valence-electron chi connectivity index (χ4n) is 5.95. The lowest BCUT2D eigenvalue weighted by Gasteiger charge is -2.51. The van der Waals surface area contributed by atoms with Crippen molar-refractivity contribution in [3.05, 3.63) is 59.7 Å². The summed E-state index contributed by atoms with van der Waals surface area (Å²) in [7, 11) is 0. The van der Waals surface area contributed by atoms with Crippen molar-refractivity contribution in [2.24, 2.45) is 5.41 Å². The molecule has 3 saturated carbocycles. The molecule has 0 aliphatic heterocycles. The fourth-order valence-corrected chi connectivity index (χ4v) is 5.95. The molecule has 34 heavy (non-hydrogen) atoms. The predicted octanol–water partition coefficient (Wildman–Crippen LogP) is 4.21. The second-order valence-electron chi connectivity index (χ2n) is 10.0. The predicted molar refractivity (Wildman–Crippen MR) is 126 cm³/mol. The third kappa shape index (κ3) is 3.83. The first-order valence-corrected chi connectivity index (χ1v) is 12.0. The van der Waals surface area contributed by atoms with E-state index in [1.165, 1.54) is 0 Å². The van der Waals surface area contributed by atoms with Crippen LogP contribution in [0.3, 0.4) is 0 Å². The number of carboxylic acids is 1. The molecule has 2 aromatic carbocycles. The maximum atomic E-state index is 12.8. The molecule has 4 aliphatic carbocycles. The molecule has 1 atom stereocenters. The summed E-state index contributed by atoms with van der Waals surface area (Å²) in [5, 5.41) is 15.3. The van der Waals surface area contributed by atoms with Gasteiger partial charge in [-0.2, -0.15) is 0 Å². The number of fused-ring (bicyclic) bond motifs is 6. The van der Waals surface area contributed by atoms with E-state index in [1.807, 2.05) is 24.3 Å². The average molecular weight is 463 g/mol. The molecule has 7 heteroatoms. The average Bonchev–Trinajstić information content (AvgIpc) is 3.17. The highest BCUT2D eigenvalue weighted by atomic mass is 16.5. The van der Waals surface area contributed by atoms with Crippen LogP contribution in [-0.4, -0.2) is 41.3 Å². The van der Waals surface area contributed by atoms with Crippen LogP contribution in [0.2, 0.25) is 0 Å². The zero-order valence-electron chi connectivity index (χ0n) is 19.3. The van der Waals surface area contributed by atoms with Gasteiger partial charge in [-0.3, -0.25) is 9.59 Å². The summed E-state index contributed by atoms with van der Waals surface area (Å²) in [5.74, 6) is -1.03. The third-order valence-corrected chi connectivity index (χ3v) is 8.16. The Balaban J connectivity index is 1.16. The van der Waals surface area contributed by atoms with Gasteiger partial charge < -0.3 is 20.5 Å². The van der Waals surface area contributed by atoms with Crippen molar-refractivity contribution in [1.29, 1.82) is 0 Å². The van der Waals surface area contributed by atoms with Crippen LogP contribution >= 0.6 is 0 Å². The molecule has 2 bridgehead atoms. The number of carboxylic acid groups (broad SMARTS) is 1. The summed E-state index contributed by atoms with van der Waals surface area (Å²) in [4.78, 5) is 37.0. The number of ether oxygens (including phenoxy) is 1. The standard InChI is InChI=1S/C27H30N2O5/c1-17(23(30)29-27-13-10-26(11-14-27,12-15-27)24(31)32)28-25(33)34-16-22-20-8-4-2-6-18(20)19-7-3-5-9-21(19)22/h2-9,17,22H,10-16H2,1H3,(H,28,33)(H,29,30)(H,31,32). The second kappa shape index (κ2) is 8.46. The van der Waals surface area contributed by atoms with E-state index in [0.717, 1.165) is 22.3 Å². The molecular formula is C27H30N2O5. The smallest absolute Gasteiger partial charge is 0.407 e. The summed E-state index contributed by atoms with van der Waals surface area (Å²) in [5.41, 5.74) is 3.59. The Bertz CT molecular complexity index is 1070. The van der Waals surface area contributed by atoms with Gasteiger partial charge in [0, 0.05) is 11.5 Å². The van der Waals surface area contributed by atoms with Crippen molar-refractivity contribution in [2.45, 2.75) is 62.9 Å². The molecule has 0 spiro atoms. The van der Waals surface area contributed by atoms with Crippen molar-refractivity contribution < 1.29 is 24.2 Å². The van der Waals surface area contributed by atoms with Gasteiger partial charge in [0.25, 0.3) is 0 Å². The van der Waals surface area contributed by atoms with E-state index in [-0.39, 0.29) is 24.0 Å². The van der Waals surface area contributed by atoms with E-state index in [2.05, 4.69) is 34.9 Å². The van der Waals surface area contributed by atoms with Crippen LogP contribution in [-0.2, 0) is 14.3 Å². The molecule has 2 amide bonds. The molecule has 0 saturated heterocycles. The monoisotopic (exact) mass is 462 g/mol. The number of benzene rings is 2. The third-order valence-electron chi connectivity index (χ3n) is 8.16. The number of carbonyl (C=O) groups excluding carboxylic acids is 2. The minimum absolute atomic E-state index is 0.0415. The number of amides is 2. The highest BCUT2D eigenvalue weighted by Crippen LogP contribution is 2.52. The number of rotatable bonds is 6. The lowest BCUT2D eigenvalue weighted by atomic mass is 9.57. The van der Waals surface area contributed by atoms with Gasteiger partial charge in [0.15, 0.2) is 0 Å². The first-order valence-electron chi connectivity index (χ1n) is 12.0. The maximum absolute atomic E-state index is 12.8. The molecule has 0 aromatic heterocycles. The zero-order chi connectivity index (χ0) is 23.9. The number of aliphatic carboxylic acids is 1. The number of nitrogens with one attached hydrogen (secondary N) is 2. The summed E-state index contributed by atoms with van der Waals surface area (Å²) < 4.78 is 5.55. The first-order chi connectivity index (χ1) is 16.3. The van der Waals surface area contributed by atoms with E-state index < -0.39 is 23.5 Å². The van der Waals surface area contributed by atoms with Crippen LogP contribution < -0.4 is 10.6 Å². The molecular weight excluding hydrogens is 432 g/mol. The first kappa shape index (κ1) is 22.4. The maximum Gasteiger partial charge on any atom is 0.407 e. The van der Waals surface area contributed by atoms with Crippen LogP contribution in [0.25, 0.3) is 11.1 Å². The highest BCUT2D eigenvalue weighted by Gasteiger charge is 2.53. The summed E-state index contributed by atoms with van der Waals surface area (Å²) in [6.45, 7) is 1.83. The normalized spacial score (nSPS) is 25.7. The summed E-state index contributed by atoms with van der Waals surface area (Å²) in [6.07, 6.45) is 3.08. The van der Waals surface area contributed by atoms with Gasteiger partial charge in [-0.25, -0.2) is 4.79 Å². The van der Waals surface area contributed by atoms with Crippen LogP contribution in [0.1, 0.15) is 62.5 Å². The fraction of sp³-hybridized carbons (Fsp3) is 0.444. The second-order valence-corrected chi connectivity index (χ2v) is 10.0. The number of hydrogen-bond acceptors (Lipinski definition) is 4. The van der Waals surface area contributed by atoms with Gasteiger partial charge in [0.05, 0.1) is 5.41 Å². The Morgan fingerprint density at radius 1 is 0.941 bits per heavy atom. The largest absolute Gasteiger partial charge is 0.481 e. The Morgan fingerprint density at radius 2 is 1.47 bits per heavy atom. The van der Waals surface area contributed by atoms with Gasteiger partial charge in [-0.15, -0.1) is 0 Å². The van der Waals surface area contributed by atoms with Crippen molar-refractivity contribution in [3.63, 3.8) is 0 Å². The summed E-state index contributed by atoms with van der Waals surface area (Å²) >= 11 is 0. The van der Waals surface area contributed by atoms with Gasteiger partial charge in [-0.05, 0) is 67.7 Å². The molecule has 0 heterocycles. The van der Waals surface area contributed by atoms with Crippen molar-refractivity contribution in [1.82, 2.24) is 10.6 Å². The van der Waals surface area contributed by atoms with E-state index in [1.54, 1.807) is 6.92 Å². The molecule has 1 unspecified atom stereocenters. The van der Waals surface area contributed by atoms with Gasteiger partial charge in [0.1, 0.15) is 12.6 Å². The van der Waals surface area contributed by atoms with Gasteiger partial charge >= 0.3 is 12.1 Å². The molecule has 6 rings (SSSR count). The summed E-state index contributed by atoms with van der Waals surface area (Å²) in [6, 6.07) is 15.5. The Labute approximate surface area is 198 Å². The quantitative estimate of drug-likeness (QED) is 0.597. The van der Waals surface area contributed by atoms with Crippen LogP contribution in [0.4, 0.5) is 4.79 Å². The van der Waals surface area contributed by atoms with Gasteiger partial charge in [-0.1, -0.05) is 48.5 Å². The minimum Gasteiger partial charge on any atom is -0.481 e. The van der Waals surface area contributed by atoms with Crippen molar-refractivity contribution in [2.75, 3.05) is 6.61 Å². The molecule has 7 nitrogen and oxygen atoms in total. The molecule has 178 valence electrons. The molecule has 4 aliphatic rings. The number of hydrogen-bond donors (Lipinski definition) is 3. The number of alkyl carbamates (subject to hydrolysis) is 1. The van der Waals surface area contributed by atoms with E-state index in [9.17, 15) is 19.5 Å². The Hall–Kier alpha value is -3.35. The topological polar surface area (TPSA) is 105 Å². The molecule has 3 N–H and O–H groups in total.